The molecule has 0 radical (unpaired) electrons. The molecule has 2 aromatic rings. The van der Waals surface area contributed by atoms with E-state index in [1.54, 1.807) is 6.92 Å². The van der Waals surface area contributed by atoms with Gasteiger partial charge in [0.05, 0.1) is 11.5 Å². The van der Waals surface area contributed by atoms with E-state index in [1.807, 2.05) is 6.92 Å². The molecule has 2 aromatic heterocycles. The number of aryl methyl sites for hydroxylation is 1. The first-order valence-corrected chi connectivity index (χ1v) is 5.37. The molecule has 0 aliphatic heterocycles. The van der Waals surface area contributed by atoms with Crippen LogP contribution in [0.25, 0.3) is 5.65 Å². The highest BCUT2D eigenvalue weighted by Crippen LogP contribution is 2.09. The average Bonchev–Trinajstić information content (AvgIpc) is 2.68. The number of aromatic carboxylic acids is 1. The molecule has 0 aromatic carbocycles. The third-order valence-electron chi connectivity index (χ3n) is 2.68. The Morgan fingerprint density at radius 1 is 1.59 bits per heavy atom. The van der Waals surface area contributed by atoms with Gasteiger partial charge in [0.25, 0.3) is 5.56 Å². The van der Waals surface area contributed by atoms with Crippen LogP contribution in [0.15, 0.2) is 11.0 Å². The van der Waals surface area contributed by atoms with Crippen LogP contribution in [0.1, 0.15) is 35.0 Å². The van der Waals surface area contributed by atoms with Gasteiger partial charge in [-0.05, 0) is 13.3 Å². The summed E-state index contributed by atoms with van der Waals surface area (Å²) in [4.78, 5) is 27.0. The molecule has 6 nitrogen and oxygen atoms in total. The van der Waals surface area contributed by atoms with Crippen LogP contribution in [-0.4, -0.2) is 20.6 Å². The lowest BCUT2D eigenvalue weighted by Crippen LogP contribution is -2.25. The lowest BCUT2D eigenvalue weighted by Gasteiger charge is -2.05. The van der Waals surface area contributed by atoms with Gasteiger partial charge in [-0.25, -0.2) is 9.50 Å². The van der Waals surface area contributed by atoms with Gasteiger partial charge >= 0.3 is 0 Å². The molecule has 0 amide bonds. The highest BCUT2D eigenvalue weighted by molar-refractivity contribution is 5.92. The molecule has 0 aliphatic rings. The van der Waals surface area contributed by atoms with Crippen molar-refractivity contribution in [3.63, 3.8) is 0 Å². The number of carbonyl (C=O) groups is 1. The first-order valence-electron chi connectivity index (χ1n) is 5.37. The average molecular weight is 234 g/mol. The van der Waals surface area contributed by atoms with Gasteiger partial charge in [0, 0.05) is 17.5 Å². The van der Waals surface area contributed by atoms with E-state index in [0.29, 0.717) is 17.7 Å². The van der Waals surface area contributed by atoms with Crippen LogP contribution in [-0.2, 0) is 6.42 Å². The van der Waals surface area contributed by atoms with E-state index in [1.165, 1.54) is 6.20 Å². The third kappa shape index (κ3) is 1.71. The predicted octanol–water partition coefficient (Wildman–Crippen LogP) is -0.353. The number of nitrogens with zero attached hydrogens (tertiary/aromatic N) is 2. The van der Waals surface area contributed by atoms with E-state index in [9.17, 15) is 14.7 Å². The second kappa shape index (κ2) is 4.04. The molecule has 0 spiro atoms. The van der Waals surface area contributed by atoms with E-state index >= 15 is 0 Å². The topological polar surface area (TPSA) is 90.3 Å². The van der Waals surface area contributed by atoms with Gasteiger partial charge in [-0.1, -0.05) is 13.3 Å². The Morgan fingerprint density at radius 3 is 2.88 bits per heavy atom. The normalized spacial score (nSPS) is 10.9. The van der Waals surface area contributed by atoms with Crippen molar-refractivity contribution in [1.82, 2.24) is 14.6 Å². The molecule has 0 atom stereocenters. The number of hydrogen-bond acceptors (Lipinski definition) is 4. The number of aromatic nitrogens is 3. The van der Waals surface area contributed by atoms with E-state index in [2.05, 4.69) is 10.1 Å². The molecular formula is C11H12N3O3-. The summed E-state index contributed by atoms with van der Waals surface area (Å²) in [5, 5.41) is 13.4. The van der Waals surface area contributed by atoms with Gasteiger partial charge < -0.3 is 9.90 Å². The summed E-state index contributed by atoms with van der Waals surface area (Å²) in [6.45, 7) is 3.67. The monoisotopic (exact) mass is 234 g/mol. The van der Waals surface area contributed by atoms with E-state index in [-0.39, 0.29) is 16.8 Å². The number of rotatable bonds is 3. The number of nitrogens with one attached hydrogen (secondary N) is 1. The quantitative estimate of drug-likeness (QED) is 0.785. The highest BCUT2D eigenvalue weighted by atomic mass is 16.4. The second-order valence-corrected chi connectivity index (χ2v) is 3.86. The summed E-state index contributed by atoms with van der Waals surface area (Å²) >= 11 is 0. The summed E-state index contributed by atoms with van der Waals surface area (Å²) in [7, 11) is 0. The number of carbonyl (C=O) groups excluding carboxylic acids is 1. The summed E-state index contributed by atoms with van der Waals surface area (Å²) in [6.07, 6.45) is 2.67. The van der Waals surface area contributed by atoms with Crippen LogP contribution >= 0.6 is 0 Å². The number of aromatic amines is 1. The molecule has 90 valence electrons. The van der Waals surface area contributed by atoms with Crippen molar-refractivity contribution < 1.29 is 9.90 Å². The molecule has 0 saturated heterocycles. The molecule has 17 heavy (non-hydrogen) atoms. The van der Waals surface area contributed by atoms with Crippen molar-refractivity contribution in [2.45, 2.75) is 26.7 Å². The molecule has 0 unspecified atom stereocenters. The minimum absolute atomic E-state index is 0.103. The van der Waals surface area contributed by atoms with Crippen molar-refractivity contribution in [3.8, 4) is 0 Å². The maximum absolute atomic E-state index is 12.1. The Hall–Kier alpha value is -2.11. The molecule has 2 rings (SSSR count). The predicted molar refractivity (Wildman–Crippen MR) is 58.9 cm³/mol. The number of hydrogen-bond donors (Lipinski definition) is 1. The lowest BCUT2D eigenvalue weighted by molar-refractivity contribution is -0.254. The Balaban J connectivity index is 2.79. The Kier molecular flexibility index (Phi) is 2.71. The standard InChI is InChI=1S/C11H13N3O3/c1-3-4-7-6(2)13-9-8(11(16)17)5-12-14(9)10(7)15/h5,12H,3-4H2,1-2H3,(H,16,17)/p-1. The minimum atomic E-state index is -1.35. The van der Waals surface area contributed by atoms with Crippen LogP contribution in [0.3, 0.4) is 0 Å². The van der Waals surface area contributed by atoms with Gasteiger partial charge in [-0.3, -0.25) is 9.89 Å². The minimum Gasteiger partial charge on any atom is -0.545 e. The van der Waals surface area contributed by atoms with Crippen molar-refractivity contribution in [1.29, 1.82) is 0 Å². The zero-order valence-corrected chi connectivity index (χ0v) is 9.61. The molecule has 2 heterocycles. The Morgan fingerprint density at radius 2 is 2.29 bits per heavy atom. The maximum Gasteiger partial charge on any atom is 0.276 e. The summed E-state index contributed by atoms with van der Waals surface area (Å²) in [5.41, 5.74) is 0.929. The summed E-state index contributed by atoms with van der Waals surface area (Å²) in [5.74, 6) is -1.35. The Bertz CT molecular complexity index is 639. The molecule has 6 heteroatoms. The van der Waals surface area contributed by atoms with Crippen molar-refractivity contribution in [2.24, 2.45) is 0 Å². The Labute approximate surface area is 96.9 Å². The van der Waals surface area contributed by atoms with Gasteiger partial charge in [0.2, 0.25) is 0 Å². The smallest absolute Gasteiger partial charge is 0.276 e. The number of H-pyrrole nitrogens is 1. The molecule has 0 bridgehead atoms. The fourth-order valence-corrected chi connectivity index (χ4v) is 1.84. The highest BCUT2D eigenvalue weighted by Gasteiger charge is 2.13. The zero-order valence-electron chi connectivity index (χ0n) is 9.61. The van der Waals surface area contributed by atoms with Gasteiger partial charge in [0.15, 0.2) is 5.65 Å². The number of fused-ring (bicyclic) bond motifs is 1. The van der Waals surface area contributed by atoms with Crippen molar-refractivity contribution in [2.75, 3.05) is 0 Å². The van der Waals surface area contributed by atoms with Crippen LogP contribution in [0, 0.1) is 6.92 Å². The second-order valence-electron chi connectivity index (χ2n) is 3.86. The van der Waals surface area contributed by atoms with E-state index in [0.717, 1.165) is 10.9 Å². The SMILES string of the molecule is CCCc1c(C)nc2c(C(=O)[O-])c[nH]n2c1=O. The molecule has 0 fully saturated rings. The van der Waals surface area contributed by atoms with Crippen LogP contribution in [0.2, 0.25) is 0 Å². The van der Waals surface area contributed by atoms with Crippen molar-refractivity contribution in [3.05, 3.63) is 33.4 Å². The summed E-state index contributed by atoms with van der Waals surface area (Å²) < 4.78 is 1.14. The van der Waals surface area contributed by atoms with Crippen LogP contribution in [0.5, 0.6) is 0 Å². The molecule has 0 aliphatic carbocycles. The molecule has 0 saturated carbocycles. The first kappa shape index (κ1) is 11.4. The van der Waals surface area contributed by atoms with Gasteiger partial charge in [0.1, 0.15) is 0 Å². The molecular weight excluding hydrogens is 222 g/mol. The van der Waals surface area contributed by atoms with Crippen molar-refractivity contribution >= 4 is 11.6 Å². The maximum atomic E-state index is 12.1. The fourth-order valence-electron chi connectivity index (χ4n) is 1.84. The van der Waals surface area contributed by atoms with E-state index in [4.69, 9.17) is 0 Å². The van der Waals surface area contributed by atoms with Crippen LogP contribution in [0.4, 0.5) is 0 Å². The van der Waals surface area contributed by atoms with E-state index < -0.39 is 5.97 Å². The van der Waals surface area contributed by atoms with Gasteiger partial charge in [-0.2, -0.15) is 0 Å². The van der Waals surface area contributed by atoms with Crippen LogP contribution < -0.4 is 10.7 Å². The largest absolute Gasteiger partial charge is 0.545 e. The first-order chi connectivity index (χ1) is 8.06. The lowest BCUT2D eigenvalue weighted by atomic mass is 10.1. The third-order valence-corrected chi connectivity index (χ3v) is 2.68. The fraction of sp³-hybridized carbons (Fsp3) is 0.364. The zero-order chi connectivity index (χ0) is 12.6. The van der Waals surface area contributed by atoms with Gasteiger partial charge in [-0.15, -0.1) is 0 Å². The molecule has 1 N–H and O–H groups in total. The number of carboxylic acids is 1. The number of carboxylic acid groups (broad SMARTS) is 1. The summed E-state index contributed by atoms with van der Waals surface area (Å²) in [6, 6.07) is 0.